The van der Waals surface area contributed by atoms with E-state index in [2.05, 4.69) is 31.1 Å². The second-order valence-corrected chi connectivity index (χ2v) is 13.2. The van der Waals surface area contributed by atoms with Crippen molar-refractivity contribution < 1.29 is 14.3 Å². The molecular weight excluding hydrogens is 570 g/mol. The van der Waals surface area contributed by atoms with Crippen molar-refractivity contribution in [3.05, 3.63) is 52.8 Å². The van der Waals surface area contributed by atoms with Gasteiger partial charge in [0.25, 0.3) is 0 Å². The SMILES string of the molecule is CCC(=O)c1cnc2ccc(Br)cc2c1Nc1ccc(N2CCCC(N(C(=O)OC(C)(C)C)C(C)(C)C)C2)nc1. The Labute approximate surface area is 245 Å². The molecule has 0 bridgehead atoms. The van der Waals surface area contributed by atoms with Gasteiger partial charge in [-0.3, -0.25) is 14.7 Å². The summed E-state index contributed by atoms with van der Waals surface area (Å²) in [6, 6.07) is 9.81. The first-order chi connectivity index (χ1) is 18.8. The van der Waals surface area contributed by atoms with Gasteiger partial charge in [0, 0.05) is 41.1 Å². The van der Waals surface area contributed by atoms with Crippen molar-refractivity contribution in [2.75, 3.05) is 23.3 Å². The molecule has 214 valence electrons. The summed E-state index contributed by atoms with van der Waals surface area (Å²) in [5, 5.41) is 4.30. The van der Waals surface area contributed by atoms with E-state index in [0.717, 1.165) is 52.0 Å². The first-order valence-electron chi connectivity index (χ1n) is 13.9. The van der Waals surface area contributed by atoms with Crippen LogP contribution < -0.4 is 10.2 Å². The number of Topliss-reactive ketones (excluding diaryl/α,β-unsaturated/α-hetero) is 1. The molecule has 1 amide bonds. The predicted molar refractivity (Wildman–Crippen MR) is 165 cm³/mol. The lowest BCUT2D eigenvalue weighted by Gasteiger charge is -2.46. The summed E-state index contributed by atoms with van der Waals surface area (Å²) < 4.78 is 6.69. The first kappa shape index (κ1) is 29.8. The van der Waals surface area contributed by atoms with Gasteiger partial charge < -0.3 is 15.0 Å². The van der Waals surface area contributed by atoms with Crippen LogP contribution in [0.15, 0.2) is 47.2 Å². The van der Waals surface area contributed by atoms with Gasteiger partial charge in [-0.05, 0) is 84.7 Å². The van der Waals surface area contributed by atoms with Crippen LogP contribution in [0.25, 0.3) is 10.9 Å². The first-order valence-corrected chi connectivity index (χ1v) is 14.7. The fourth-order valence-electron chi connectivity index (χ4n) is 5.15. The summed E-state index contributed by atoms with van der Waals surface area (Å²) in [5.74, 6) is 0.870. The van der Waals surface area contributed by atoms with E-state index in [1.54, 1.807) is 12.4 Å². The quantitative estimate of drug-likeness (QED) is 0.286. The number of nitrogens with zero attached hydrogens (tertiary/aromatic N) is 4. The van der Waals surface area contributed by atoms with Crippen LogP contribution in [-0.4, -0.2) is 57.0 Å². The lowest BCUT2D eigenvalue weighted by atomic mass is 9.97. The fourth-order valence-corrected chi connectivity index (χ4v) is 5.51. The third-order valence-corrected chi connectivity index (χ3v) is 7.36. The van der Waals surface area contributed by atoms with E-state index >= 15 is 0 Å². The van der Waals surface area contributed by atoms with E-state index in [4.69, 9.17) is 9.72 Å². The van der Waals surface area contributed by atoms with E-state index in [1.807, 2.05) is 83.7 Å². The van der Waals surface area contributed by atoms with Gasteiger partial charge in [0.15, 0.2) is 5.78 Å². The van der Waals surface area contributed by atoms with Crippen LogP contribution >= 0.6 is 15.9 Å². The van der Waals surface area contributed by atoms with Gasteiger partial charge in [-0.2, -0.15) is 0 Å². The van der Waals surface area contributed by atoms with Gasteiger partial charge in [0.2, 0.25) is 0 Å². The molecule has 1 atom stereocenters. The summed E-state index contributed by atoms with van der Waals surface area (Å²) in [5.41, 5.74) is 1.92. The second kappa shape index (κ2) is 11.7. The molecule has 1 aliphatic heterocycles. The van der Waals surface area contributed by atoms with Crippen molar-refractivity contribution in [3.63, 3.8) is 0 Å². The number of fused-ring (bicyclic) bond motifs is 1. The molecule has 0 radical (unpaired) electrons. The number of pyridine rings is 2. The monoisotopic (exact) mass is 609 g/mol. The van der Waals surface area contributed by atoms with Gasteiger partial charge in [0.1, 0.15) is 11.4 Å². The summed E-state index contributed by atoms with van der Waals surface area (Å²) in [4.78, 5) is 39.3. The van der Waals surface area contributed by atoms with Crippen molar-refractivity contribution in [2.45, 2.75) is 84.9 Å². The zero-order valence-electron chi connectivity index (χ0n) is 24.5. The molecule has 1 saturated heterocycles. The molecule has 1 fully saturated rings. The van der Waals surface area contributed by atoms with E-state index < -0.39 is 5.60 Å². The standard InChI is InChI=1S/C31H40BrN5O3/c1-8-26(38)24-18-33-25-13-11-20(32)16-23(25)28(24)35-21-12-14-27(34-17-21)36-15-9-10-22(19-36)37(30(2,3)4)29(39)40-31(5,6)7/h11-14,16-18,22H,8-10,15,19H2,1-7H3,(H,33,35). The zero-order chi connectivity index (χ0) is 29.2. The van der Waals surface area contributed by atoms with Gasteiger partial charge in [-0.25, -0.2) is 9.78 Å². The number of carbonyl (C=O) groups excluding carboxylic acids is 2. The van der Waals surface area contributed by atoms with Crippen molar-refractivity contribution in [3.8, 4) is 0 Å². The highest BCUT2D eigenvalue weighted by Crippen LogP contribution is 2.33. The topological polar surface area (TPSA) is 87.7 Å². The number of rotatable bonds is 6. The molecule has 0 aliphatic carbocycles. The Kier molecular flexibility index (Phi) is 8.73. The number of benzene rings is 1. The molecule has 1 aromatic carbocycles. The van der Waals surface area contributed by atoms with Gasteiger partial charge in [0.05, 0.1) is 34.7 Å². The summed E-state index contributed by atoms with van der Waals surface area (Å²) in [6.07, 6.45) is 5.39. The number of ketones is 1. The minimum atomic E-state index is -0.558. The minimum absolute atomic E-state index is 0.00689. The number of amides is 1. The number of nitrogens with one attached hydrogen (secondary N) is 1. The van der Waals surface area contributed by atoms with Crippen LogP contribution in [0, 0.1) is 0 Å². The Balaban J connectivity index is 1.57. The molecule has 3 heterocycles. The average molecular weight is 611 g/mol. The molecule has 0 spiro atoms. The summed E-state index contributed by atoms with van der Waals surface area (Å²) >= 11 is 3.54. The minimum Gasteiger partial charge on any atom is -0.444 e. The Hall–Kier alpha value is -3.20. The number of halogens is 1. The smallest absolute Gasteiger partial charge is 0.411 e. The highest BCUT2D eigenvalue weighted by atomic mass is 79.9. The van der Waals surface area contributed by atoms with Crippen LogP contribution in [0.4, 0.5) is 22.0 Å². The summed E-state index contributed by atoms with van der Waals surface area (Å²) in [7, 11) is 0. The molecule has 0 saturated carbocycles. The fraction of sp³-hybridized carbons (Fsp3) is 0.484. The Morgan fingerprint density at radius 2 is 1.85 bits per heavy atom. The van der Waals surface area contributed by atoms with Gasteiger partial charge in [-0.1, -0.05) is 22.9 Å². The van der Waals surface area contributed by atoms with Crippen LogP contribution in [0.5, 0.6) is 0 Å². The molecule has 1 aliphatic rings. The molecule has 2 aromatic heterocycles. The van der Waals surface area contributed by atoms with Crippen LogP contribution in [-0.2, 0) is 4.74 Å². The second-order valence-electron chi connectivity index (χ2n) is 12.3. The molecular formula is C31H40BrN5O3. The number of hydrogen-bond donors (Lipinski definition) is 1. The molecule has 40 heavy (non-hydrogen) atoms. The van der Waals surface area contributed by atoms with Gasteiger partial charge in [-0.15, -0.1) is 0 Å². The Morgan fingerprint density at radius 3 is 2.48 bits per heavy atom. The predicted octanol–water partition coefficient (Wildman–Crippen LogP) is 7.73. The van der Waals surface area contributed by atoms with Crippen molar-refractivity contribution in [2.24, 2.45) is 0 Å². The number of piperidine rings is 1. The highest BCUT2D eigenvalue weighted by Gasteiger charge is 2.38. The van der Waals surface area contributed by atoms with Gasteiger partial charge >= 0.3 is 6.09 Å². The lowest BCUT2D eigenvalue weighted by molar-refractivity contribution is -0.00939. The van der Waals surface area contributed by atoms with Crippen molar-refractivity contribution >= 4 is 55.9 Å². The van der Waals surface area contributed by atoms with Crippen LogP contribution in [0.2, 0.25) is 0 Å². The Bertz CT molecular complexity index is 1380. The normalized spacial score (nSPS) is 16.1. The summed E-state index contributed by atoms with van der Waals surface area (Å²) in [6.45, 7) is 15.2. The number of hydrogen-bond acceptors (Lipinski definition) is 7. The molecule has 3 aromatic rings. The number of aromatic nitrogens is 2. The number of carbonyl (C=O) groups is 2. The molecule has 4 rings (SSSR count). The largest absolute Gasteiger partial charge is 0.444 e. The molecule has 9 heteroatoms. The third kappa shape index (κ3) is 6.92. The third-order valence-electron chi connectivity index (χ3n) is 6.87. The van der Waals surface area contributed by atoms with E-state index in [-0.39, 0.29) is 23.5 Å². The lowest BCUT2D eigenvalue weighted by Crippen LogP contribution is -2.58. The maximum absolute atomic E-state index is 13.2. The van der Waals surface area contributed by atoms with Crippen LogP contribution in [0.1, 0.15) is 78.1 Å². The maximum atomic E-state index is 13.2. The van der Waals surface area contributed by atoms with Crippen molar-refractivity contribution in [1.29, 1.82) is 0 Å². The molecule has 1 unspecified atom stereocenters. The molecule has 1 N–H and O–H groups in total. The van der Waals surface area contributed by atoms with Crippen LogP contribution in [0.3, 0.4) is 0 Å². The highest BCUT2D eigenvalue weighted by molar-refractivity contribution is 9.10. The number of anilines is 3. The number of ether oxygens (including phenoxy) is 1. The van der Waals surface area contributed by atoms with E-state index in [1.165, 1.54) is 0 Å². The van der Waals surface area contributed by atoms with E-state index in [0.29, 0.717) is 18.5 Å². The average Bonchev–Trinajstić information content (AvgIpc) is 2.87. The van der Waals surface area contributed by atoms with E-state index in [9.17, 15) is 9.59 Å². The Morgan fingerprint density at radius 1 is 1.10 bits per heavy atom. The zero-order valence-corrected chi connectivity index (χ0v) is 26.1. The maximum Gasteiger partial charge on any atom is 0.411 e. The molecule has 8 nitrogen and oxygen atoms in total. The van der Waals surface area contributed by atoms with Crippen molar-refractivity contribution in [1.82, 2.24) is 14.9 Å².